The van der Waals surface area contributed by atoms with Gasteiger partial charge in [0.15, 0.2) is 0 Å². The summed E-state index contributed by atoms with van der Waals surface area (Å²) >= 11 is 1.52. The van der Waals surface area contributed by atoms with E-state index in [0.29, 0.717) is 24.1 Å². The minimum Gasteiger partial charge on any atom is -0.416 e. The first-order chi connectivity index (χ1) is 8.88. The van der Waals surface area contributed by atoms with Crippen molar-refractivity contribution in [1.29, 1.82) is 0 Å². The largest absolute Gasteiger partial charge is 0.416 e. The zero-order valence-electron chi connectivity index (χ0n) is 10.4. The highest BCUT2D eigenvalue weighted by Gasteiger charge is 2.04. The molecule has 0 aliphatic carbocycles. The van der Waals surface area contributed by atoms with E-state index in [0.717, 1.165) is 5.75 Å². The third-order valence-corrected chi connectivity index (χ3v) is 2.99. The number of aromatic nitrogens is 2. The summed E-state index contributed by atoms with van der Waals surface area (Å²) in [5.41, 5.74) is 6.60. The summed E-state index contributed by atoms with van der Waals surface area (Å²) in [6.45, 7) is 0.528. The van der Waals surface area contributed by atoms with Gasteiger partial charge < -0.3 is 10.2 Å². The number of benzene rings is 1. The van der Waals surface area contributed by atoms with Gasteiger partial charge in [0.1, 0.15) is 0 Å². The normalized spacial score (nSPS) is 10.6. The van der Waals surface area contributed by atoms with E-state index in [-0.39, 0.29) is 12.4 Å². The van der Waals surface area contributed by atoms with Crippen LogP contribution in [0.25, 0.3) is 6.08 Å². The van der Waals surface area contributed by atoms with Crippen molar-refractivity contribution >= 4 is 30.2 Å². The Hall–Kier alpha value is -1.30. The molecule has 0 radical (unpaired) electrons. The highest BCUT2D eigenvalue weighted by molar-refractivity contribution is 7.99. The van der Waals surface area contributed by atoms with E-state index < -0.39 is 0 Å². The molecule has 0 aliphatic heterocycles. The second-order valence-electron chi connectivity index (χ2n) is 3.62. The Bertz CT molecular complexity index is 502. The Morgan fingerprint density at radius 3 is 2.74 bits per heavy atom. The van der Waals surface area contributed by atoms with Crippen LogP contribution in [0.1, 0.15) is 11.5 Å². The average Bonchev–Trinajstić information content (AvgIpc) is 2.84. The number of hydrogen-bond donors (Lipinski definition) is 1. The number of nitrogens with two attached hydrogens (primary N) is 1. The van der Waals surface area contributed by atoms with Crippen LogP contribution < -0.4 is 5.73 Å². The molecule has 0 bridgehead atoms. The maximum absolute atomic E-state index is 5.41. The van der Waals surface area contributed by atoms with Crippen molar-refractivity contribution in [3.63, 3.8) is 0 Å². The summed E-state index contributed by atoms with van der Waals surface area (Å²) in [5, 5.41) is 8.43. The lowest BCUT2D eigenvalue weighted by atomic mass is 10.2. The molecular weight excluding hydrogens is 282 g/mol. The molecule has 0 amide bonds. The van der Waals surface area contributed by atoms with Crippen molar-refractivity contribution < 1.29 is 4.42 Å². The fourth-order valence-electron chi connectivity index (χ4n) is 1.39. The van der Waals surface area contributed by atoms with Gasteiger partial charge in [0.05, 0.1) is 0 Å². The number of halogens is 1. The van der Waals surface area contributed by atoms with Crippen LogP contribution in [0.3, 0.4) is 0 Å². The highest BCUT2D eigenvalue weighted by atomic mass is 35.5. The molecule has 0 aliphatic rings. The second kappa shape index (κ2) is 8.74. The fraction of sp³-hybridized carbons (Fsp3) is 0.231. The SMILES string of the molecule is Cl.NCCc1nnc(SC/C=C/c2ccccc2)o1. The maximum atomic E-state index is 5.41. The summed E-state index contributed by atoms with van der Waals surface area (Å²) < 4.78 is 5.40. The van der Waals surface area contributed by atoms with Gasteiger partial charge in [-0.1, -0.05) is 54.2 Å². The first-order valence-corrected chi connectivity index (χ1v) is 6.74. The van der Waals surface area contributed by atoms with Crippen molar-refractivity contribution in [2.24, 2.45) is 5.73 Å². The van der Waals surface area contributed by atoms with Crippen LogP contribution >= 0.6 is 24.2 Å². The molecule has 4 nitrogen and oxygen atoms in total. The number of rotatable bonds is 6. The van der Waals surface area contributed by atoms with E-state index in [4.69, 9.17) is 10.2 Å². The van der Waals surface area contributed by atoms with E-state index in [9.17, 15) is 0 Å². The van der Waals surface area contributed by atoms with Crippen LogP contribution in [-0.2, 0) is 6.42 Å². The van der Waals surface area contributed by atoms with Crippen molar-refractivity contribution in [2.75, 3.05) is 12.3 Å². The van der Waals surface area contributed by atoms with Crippen LogP contribution in [0.5, 0.6) is 0 Å². The molecule has 2 N–H and O–H groups in total. The Balaban J connectivity index is 0.00000180. The van der Waals surface area contributed by atoms with Crippen LogP contribution in [0, 0.1) is 0 Å². The highest BCUT2D eigenvalue weighted by Crippen LogP contribution is 2.16. The first kappa shape index (κ1) is 15.8. The Labute approximate surface area is 122 Å². The maximum Gasteiger partial charge on any atom is 0.276 e. The lowest BCUT2D eigenvalue weighted by Gasteiger charge is -1.91. The van der Waals surface area contributed by atoms with Gasteiger partial charge >= 0.3 is 0 Å². The van der Waals surface area contributed by atoms with Crippen molar-refractivity contribution in [3.05, 3.63) is 47.9 Å². The minimum absolute atomic E-state index is 0. The summed E-state index contributed by atoms with van der Waals surface area (Å²) in [5.74, 6) is 1.41. The molecule has 1 heterocycles. The van der Waals surface area contributed by atoms with Crippen molar-refractivity contribution in [1.82, 2.24) is 10.2 Å². The van der Waals surface area contributed by atoms with E-state index in [1.54, 1.807) is 0 Å². The fourth-order valence-corrected chi connectivity index (χ4v) is 1.98. The van der Waals surface area contributed by atoms with Crippen molar-refractivity contribution in [3.8, 4) is 0 Å². The van der Waals surface area contributed by atoms with Crippen LogP contribution in [0.4, 0.5) is 0 Å². The predicted molar refractivity (Wildman–Crippen MR) is 80.5 cm³/mol. The topological polar surface area (TPSA) is 64.9 Å². The smallest absolute Gasteiger partial charge is 0.276 e. The molecule has 0 fully saturated rings. The summed E-state index contributed by atoms with van der Waals surface area (Å²) in [7, 11) is 0. The van der Waals surface area contributed by atoms with Gasteiger partial charge in [0.25, 0.3) is 5.22 Å². The molecule has 102 valence electrons. The van der Waals surface area contributed by atoms with Gasteiger partial charge in [0, 0.05) is 18.7 Å². The summed E-state index contributed by atoms with van der Waals surface area (Å²) in [6.07, 6.45) is 4.78. The van der Waals surface area contributed by atoms with Crippen LogP contribution in [-0.4, -0.2) is 22.5 Å². The predicted octanol–water partition coefficient (Wildman–Crippen LogP) is 2.80. The molecule has 1 aromatic carbocycles. The summed E-state index contributed by atoms with van der Waals surface area (Å²) in [4.78, 5) is 0. The standard InChI is InChI=1S/C13H15N3OS.ClH/c14-9-8-12-15-16-13(17-12)18-10-4-7-11-5-2-1-3-6-11;/h1-7H,8-10,14H2;1H/b7-4+;. The Morgan fingerprint density at radius 1 is 1.21 bits per heavy atom. The van der Waals surface area contributed by atoms with E-state index in [1.807, 2.05) is 18.2 Å². The number of hydrogen-bond acceptors (Lipinski definition) is 5. The van der Waals surface area contributed by atoms with E-state index in [1.165, 1.54) is 17.3 Å². The minimum atomic E-state index is 0. The third kappa shape index (κ3) is 5.46. The monoisotopic (exact) mass is 297 g/mol. The molecular formula is C13H16ClN3OS. The number of nitrogens with zero attached hydrogens (tertiary/aromatic N) is 2. The molecule has 2 aromatic rings. The molecule has 0 saturated carbocycles. The van der Waals surface area contributed by atoms with Gasteiger partial charge in [-0.2, -0.15) is 0 Å². The molecule has 0 atom stereocenters. The van der Waals surface area contributed by atoms with Crippen molar-refractivity contribution in [2.45, 2.75) is 11.6 Å². The molecule has 6 heteroatoms. The lowest BCUT2D eigenvalue weighted by Crippen LogP contribution is -2.02. The zero-order valence-corrected chi connectivity index (χ0v) is 12.0. The van der Waals surface area contributed by atoms with E-state index >= 15 is 0 Å². The Morgan fingerprint density at radius 2 is 2.00 bits per heavy atom. The number of thioether (sulfide) groups is 1. The molecule has 0 saturated heterocycles. The summed E-state index contributed by atoms with van der Waals surface area (Å²) in [6, 6.07) is 10.2. The molecule has 19 heavy (non-hydrogen) atoms. The molecule has 2 rings (SSSR count). The van der Waals surface area contributed by atoms with E-state index in [2.05, 4.69) is 34.5 Å². The Kier molecular flexibility index (Phi) is 7.25. The van der Waals surface area contributed by atoms with Gasteiger partial charge in [-0.25, -0.2) is 0 Å². The molecule has 0 spiro atoms. The molecule has 1 aromatic heterocycles. The van der Waals surface area contributed by atoms with Gasteiger partial charge in [-0.05, 0) is 5.56 Å². The first-order valence-electron chi connectivity index (χ1n) is 5.75. The third-order valence-electron chi connectivity index (χ3n) is 2.22. The van der Waals surface area contributed by atoms with Crippen LogP contribution in [0.15, 0.2) is 46.0 Å². The van der Waals surface area contributed by atoms with Gasteiger partial charge in [-0.15, -0.1) is 22.6 Å². The average molecular weight is 298 g/mol. The zero-order chi connectivity index (χ0) is 12.6. The van der Waals surface area contributed by atoms with Crippen LogP contribution in [0.2, 0.25) is 0 Å². The lowest BCUT2D eigenvalue weighted by molar-refractivity contribution is 0.414. The molecule has 0 unspecified atom stereocenters. The van der Waals surface area contributed by atoms with Gasteiger partial charge in [-0.3, -0.25) is 0 Å². The second-order valence-corrected chi connectivity index (χ2v) is 4.60. The van der Waals surface area contributed by atoms with Gasteiger partial charge in [0.2, 0.25) is 5.89 Å². The quantitative estimate of drug-likeness (QED) is 0.831.